The van der Waals surface area contributed by atoms with Gasteiger partial charge in [-0.1, -0.05) is 30.3 Å². The molecule has 1 aromatic rings. The normalized spacial score (nSPS) is 12.3. The van der Waals surface area contributed by atoms with Crippen molar-refractivity contribution in [2.45, 2.75) is 38.2 Å². The minimum absolute atomic E-state index is 0.104. The van der Waals surface area contributed by atoms with E-state index in [1.165, 1.54) is 12.7 Å². The van der Waals surface area contributed by atoms with Gasteiger partial charge in [-0.2, -0.15) is 11.8 Å². The highest BCUT2D eigenvalue weighted by Crippen LogP contribution is 2.13. The molecule has 1 rings (SSSR count). The van der Waals surface area contributed by atoms with Crippen molar-refractivity contribution in [3.05, 3.63) is 35.9 Å². The van der Waals surface area contributed by atoms with E-state index in [2.05, 4.69) is 27.5 Å². The van der Waals surface area contributed by atoms with Crippen LogP contribution >= 0.6 is 11.8 Å². The van der Waals surface area contributed by atoms with E-state index in [4.69, 9.17) is 4.74 Å². The Bertz CT molecular complexity index is 532. The number of esters is 1. The number of ether oxygens (including phenoxy) is 2. The molecule has 0 spiro atoms. The Morgan fingerprint density at radius 3 is 2.48 bits per heavy atom. The van der Waals surface area contributed by atoms with E-state index in [0.29, 0.717) is 12.3 Å². The molecule has 6 nitrogen and oxygen atoms in total. The lowest BCUT2D eigenvalue weighted by Crippen LogP contribution is -2.46. The molecule has 0 saturated heterocycles. The number of amides is 1. The first kappa shape index (κ1) is 21.3. The maximum Gasteiger partial charge on any atom is 0.407 e. The molecular weight excluding hydrogens is 340 g/mol. The van der Waals surface area contributed by atoms with Gasteiger partial charge in [0.05, 0.1) is 19.7 Å². The van der Waals surface area contributed by atoms with Crippen LogP contribution in [-0.2, 0) is 20.0 Å². The standard InChI is InChI=1S/C18H28N2O4S/c1-18(2,3)24-17(22)20-15(10-19-11-16(21)23-4)13-25-12-14-8-6-5-7-9-14/h5-9,15,19H,10-13H2,1-4H3,(H,20,22). The number of thioether (sulfide) groups is 1. The summed E-state index contributed by atoms with van der Waals surface area (Å²) in [5, 5.41) is 5.85. The zero-order chi connectivity index (χ0) is 18.7. The molecule has 0 aromatic heterocycles. The summed E-state index contributed by atoms with van der Waals surface area (Å²) < 4.78 is 9.90. The molecule has 1 unspecified atom stereocenters. The number of methoxy groups -OCH3 is 1. The first-order valence-corrected chi connectivity index (χ1v) is 9.34. The highest BCUT2D eigenvalue weighted by Gasteiger charge is 2.19. The van der Waals surface area contributed by atoms with Gasteiger partial charge in [0.1, 0.15) is 5.60 Å². The van der Waals surface area contributed by atoms with Crippen molar-refractivity contribution in [1.29, 1.82) is 0 Å². The molecule has 0 radical (unpaired) electrons. The van der Waals surface area contributed by atoms with Gasteiger partial charge in [0, 0.05) is 18.1 Å². The van der Waals surface area contributed by atoms with Crippen molar-refractivity contribution in [3.8, 4) is 0 Å². The number of benzene rings is 1. The Morgan fingerprint density at radius 1 is 1.20 bits per heavy atom. The lowest BCUT2D eigenvalue weighted by Gasteiger charge is -2.23. The highest BCUT2D eigenvalue weighted by atomic mass is 32.2. The monoisotopic (exact) mass is 368 g/mol. The second-order valence-corrected chi connectivity index (χ2v) is 7.58. The van der Waals surface area contributed by atoms with Gasteiger partial charge < -0.3 is 20.1 Å². The van der Waals surface area contributed by atoms with Crippen LogP contribution in [0.4, 0.5) is 4.79 Å². The molecule has 1 aromatic carbocycles. The molecule has 25 heavy (non-hydrogen) atoms. The lowest BCUT2D eigenvalue weighted by atomic mass is 10.2. The van der Waals surface area contributed by atoms with Crippen LogP contribution in [0.2, 0.25) is 0 Å². The van der Waals surface area contributed by atoms with Crippen LogP contribution in [0.5, 0.6) is 0 Å². The molecule has 0 aliphatic carbocycles. The molecule has 0 heterocycles. The SMILES string of the molecule is COC(=O)CNCC(CSCc1ccccc1)NC(=O)OC(C)(C)C. The molecule has 0 fully saturated rings. The Hall–Kier alpha value is -1.73. The largest absolute Gasteiger partial charge is 0.468 e. The Kier molecular flexibility index (Phi) is 9.37. The second kappa shape index (κ2) is 11.0. The molecule has 0 saturated carbocycles. The summed E-state index contributed by atoms with van der Waals surface area (Å²) in [5.41, 5.74) is 0.677. The van der Waals surface area contributed by atoms with Crippen molar-refractivity contribution in [1.82, 2.24) is 10.6 Å². The van der Waals surface area contributed by atoms with Crippen molar-refractivity contribution < 1.29 is 19.1 Å². The van der Waals surface area contributed by atoms with Crippen molar-refractivity contribution in [2.75, 3.05) is 26.0 Å². The number of nitrogens with one attached hydrogen (secondary N) is 2. The van der Waals surface area contributed by atoms with Crippen LogP contribution in [0.15, 0.2) is 30.3 Å². The third-order valence-electron chi connectivity index (χ3n) is 3.04. The molecule has 1 amide bonds. The van der Waals surface area contributed by atoms with Crippen LogP contribution in [0.3, 0.4) is 0 Å². The van der Waals surface area contributed by atoms with E-state index in [9.17, 15) is 9.59 Å². The van der Waals surface area contributed by atoms with Gasteiger partial charge >= 0.3 is 12.1 Å². The maximum atomic E-state index is 12.0. The first-order valence-electron chi connectivity index (χ1n) is 8.19. The van der Waals surface area contributed by atoms with Crippen LogP contribution < -0.4 is 10.6 Å². The summed E-state index contributed by atoms with van der Waals surface area (Å²) in [4.78, 5) is 23.2. The Balaban J connectivity index is 2.48. The van der Waals surface area contributed by atoms with Gasteiger partial charge in [-0.3, -0.25) is 4.79 Å². The van der Waals surface area contributed by atoms with E-state index >= 15 is 0 Å². The van der Waals surface area contributed by atoms with Gasteiger partial charge in [-0.15, -0.1) is 0 Å². The van der Waals surface area contributed by atoms with Crippen molar-refractivity contribution in [2.24, 2.45) is 0 Å². The lowest BCUT2D eigenvalue weighted by molar-refractivity contribution is -0.139. The van der Waals surface area contributed by atoms with Gasteiger partial charge in [0.2, 0.25) is 0 Å². The van der Waals surface area contributed by atoms with Gasteiger partial charge in [0.25, 0.3) is 0 Å². The number of rotatable bonds is 9. The summed E-state index contributed by atoms with van der Waals surface area (Å²) in [6.07, 6.45) is -0.460. The quantitative estimate of drug-likeness (QED) is 0.653. The van der Waals surface area contributed by atoms with Crippen LogP contribution in [-0.4, -0.2) is 49.7 Å². The number of carbonyl (C=O) groups is 2. The smallest absolute Gasteiger partial charge is 0.407 e. The van der Waals surface area contributed by atoms with Crippen LogP contribution in [0.1, 0.15) is 26.3 Å². The van der Waals surface area contributed by atoms with E-state index in [0.717, 1.165) is 5.75 Å². The second-order valence-electron chi connectivity index (χ2n) is 6.55. The molecule has 1 atom stereocenters. The molecule has 140 valence electrons. The third-order valence-corrected chi connectivity index (χ3v) is 4.21. The molecule has 7 heteroatoms. The predicted molar refractivity (Wildman–Crippen MR) is 101 cm³/mol. The average molecular weight is 368 g/mol. The summed E-state index contributed by atoms with van der Waals surface area (Å²) in [5.74, 6) is 1.21. The van der Waals surface area contributed by atoms with Gasteiger partial charge in [-0.05, 0) is 26.3 Å². The van der Waals surface area contributed by atoms with Crippen molar-refractivity contribution >= 4 is 23.8 Å². The highest BCUT2D eigenvalue weighted by molar-refractivity contribution is 7.98. The predicted octanol–water partition coefficient (Wildman–Crippen LogP) is 2.58. The topological polar surface area (TPSA) is 76.7 Å². The summed E-state index contributed by atoms with van der Waals surface area (Å²) in [6, 6.07) is 9.97. The van der Waals surface area contributed by atoms with E-state index in [-0.39, 0.29) is 18.6 Å². The molecule has 0 aliphatic heterocycles. The fraction of sp³-hybridized carbons (Fsp3) is 0.556. The fourth-order valence-corrected chi connectivity index (χ4v) is 2.97. The molecule has 0 bridgehead atoms. The van der Waals surface area contributed by atoms with Crippen LogP contribution in [0, 0.1) is 0 Å². The summed E-state index contributed by atoms with van der Waals surface area (Å²) in [6.45, 7) is 6.02. The third kappa shape index (κ3) is 10.7. The van der Waals surface area contributed by atoms with E-state index in [1.54, 1.807) is 11.8 Å². The summed E-state index contributed by atoms with van der Waals surface area (Å²) >= 11 is 1.71. The molecule has 2 N–H and O–H groups in total. The fourth-order valence-electron chi connectivity index (χ4n) is 1.94. The average Bonchev–Trinajstić information content (AvgIpc) is 2.53. The zero-order valence-corrected chi connectivity index (χ0v) is 16.2. The maximum absolute atomic E-state index is 12.0. The Labute approximate surface area is 154 Å². The first-order chi connectivity index (χ1) is 11.8. The van der Waals surface area contributed by atoms with Gasteiger partial charge in [-0.25, -0.2) is 4.79 Å². The van der Waals surface area contributed by atoms with E-state index < -0.39 is 11.7 Å². The molecule has 0 aliphatic rings. The summed E-state index contributed by atoms with van der Waals surface area (Å²) in [7, 11) is 1.34. The number of hydrogen-bond acceptors (Lipinski definition) is 6. The van der Waals surface area contributed by atoms with Crippen molar-refractivity contribution in [3.63, 3.8) is 0 Å². The Morgan fingerprint density at radius 2 is 1.88 bits per heavy atom. The number of alkyl carbamates (subject to hydrolysis) is 1. The zero-order valence-electron chi connectivity index (χ0n) is 15.3. The van der Waals surface area contributed by atoms with E-state index in [1.807, 2.05) is 39.0 Å². The molecular formula is C18H28N2O4S. The number of carbonyl (C=O) groups excluding carboxylic acids is 2. The van der Waals surface area contributed by atoms with Crippen LogP contribution in [0.25, 0.3) is 0 Å². The minimum Gasteiger partial charge on any atom is -0.468 e. The number of hydrogen-bond donors (Lipinski definition) is 2. The minimum atomic E-state index is -0.550. The van der Waals surface area contributed by atoms with Gasteiger partial charge in [0.15, 0.2) is 0 Å².